The third kappa shape index (κ3) is 71.2. The Morgan fingerprint density at radius 1 is 0.296 bits per heavy atom. The molecule has 0 aliphatic carbocycles. The second-order valence-corrected chi connectivity index (χ2v) is 29.5. The number of unbranched alkanes of at least 4 members (excludes halogenated alkanes) is 39. The molecule has 0 aromatic rings. The van der Waals surface area contributed by atoms with Crippen LogP contribution in [0.2, 0.25) is 0 Å². The van der Waals surface area contributed by atoms with Crippen molar-refractivity contribution in [3.63, 3.8) is 0 Å². The largest absolute Gasteiger partial charge is 0.472 e. The summed E-state index contributed by atoms with van der Waals surface area (Å²) in [5.41, 5.74) is 0. The van der Waals surface area contributed by atoms with E-state index in [9.17, 15) is 43.2 Å². The number of hydrogen-bond donors (Lipinski definition) is 3. The van der Waals surface area contributed by atoms with Gasteiger partial charge in [0.1, 0.15) is 19.3 Å². The van der Waals surface area contributed by atoms with E-state index in [0.717, 1.165) is 161 Å². The van der Waals surface area contributed by atoms with E-state index >= 15 is 0 Å². The zero-order chi connectivity index (χ0) is 71.8. The van der Waals surface area contributed by atoms with Crippen LogP contribution in [0.25, 0.3) is 0 Å². The molecule has 0 radical (unpaired) electrons. The van der Waals surface area contributed by atoms with Crippen LogP contribution in [-0.4, -0.2) is 96.7 Å². The van der Waals surface area contributed by atoms with Gasteiger partial charge in [-0.2, -0.15) is 0 Å². The van der Waals surface area contributed by atoms with Crippen LogP contribution in [0.5, 0.6) is 0 Å². The van der Waals surface area contributed by atoms with E-state index in [4.69, 9.17) is 37.0 Å². The Kier molecular flexibility index (Phi) is 69.7. The van der Waals surface area contributed by atoms with Crippen molar-refractivity contribution in [3.05, 3.63) is 60.8 Å². The Morgan fingerprint density at radius 3 is 0.837 bits per heavy atom. The minimum Gasteiger partial charge on any atom is -0.462 e. The van der Waals surface area contributed by atoms with Crippen molar-refractivity contribution in [1.82, 2.24) is 0 Å². The van der Waals surface area contributed by atoms with Crippen LogP contribution < -0.4 is 0 Å². The highest BCUT2D eigenvalue weighted by atomic mass is 31.2. The van der Waals surface area contributed by atoms with Gasteiger partial charge >= 0.3 is 39.5 Å². The average molecular weight is 1430 g/mol. The van der Waals surface area contributed by atoms with Gasteiger partial charge in [0, 0.05) is 25.7 Å². The molecule has 0 rings (SSSR count). The summed E-state index contributed by atoms with van der Waals surface area (Å²) in [6.07, 6.45) is 70.6. The fraction of sp³-hybridized carbons (Fsp3) is 0.823. The Bertz CT molecular complexity index is 2100. The molecule has 0 bridgehead atoms. The zero-order valence-corrected chi connectivity index (χ0v) is 64.3. The van der Waals surface area contributed by atoms with Gasteiger partial charge in [0.2, 0.25) is 0 Å². The number of carbonyl (C=O) groups excluding carboxylic acids is 4. The van der Waals surface area contributed by atoms with E-state index in [-0.39, 0.29) is 25.7 Å². The summed E-state index contributed by atoms with van der Waals surface area (Å²) in [6.45, 7) is 4.78. The summed E-state index contributed by atoms with van der Waals surface area (Å²) in [7, 11) is -9.94. The number of esters is 4. The number of aliphatic hydroxyl groups excluding tert-OH is 1. The van der Waals surface area contributed by atoms with Gasteiger partial charge in [-0.15, -0.1) is 0 Å². The van der Waals surface area contributed by atoms with Crippen LogP contribution in [-0.2, 0) is 65.4 Å². The number of phosphoric acid groups is 2. The van der Waals surface area contributed by atoms with Crippen molar-refractivity contribution in [3.8, 4) is 0 Å². The molecule has 98 heavy (non-hydrogen) atoms. The van der Waals surface area contributed by atoms with Gasteiger partial charge in [-0.1, -0.05) is 307 Å². The topological polar surface area (TPSA) is 237 Å². The van der Waals surface area contributed by atoms with Crippen LogP contribution in [0.4, 0.5) is 0 Å². The van der Waals surface area contributed by atoms with Gasteiger partial charge < -0.3 is 33.8 Å². The Labute approximate surface area is 597 Å². The fourth-order valence-corrected chi connectivity index (χ4v) is 12.6. The predicted molar refractivity (Wildman–Crippen MR) is 400 cm³/mol. The molecular weight excluding hydrogens is 1280 g/mol. The molecule has 0 saturated carbocycles. The van der Waals surface area contributed by atoms with Crippen LogP contribution in [0.1, 0.15) is 362 Å². The van der Waals surface area contributed by atoms with Gasteiger partial charge in [0.05, 0.1) is 26.4 Å². The lowest BCUT2D eigenvalue weighted by molar-refractivity contribution is -0.161. The number of allylic oxidation sites excluding steroid dienone is 10. The molecule has 0 spiro atoms. The molecule has 17 nitrogen and oxygen atoms in total. The first-order chi connectivity index (χ1) is 47.7. The van der Waals surface area contributed by atoms with Crippen molar-refractivity contribution < 1.29 is 80.2 Å². The standard InChI is InChI=1S/C79H144O17P2/c1-5-9-13-17-21-25-29-32-35-36-39-41-45-48-52-56-60-64-77(82)90-70-75(96-79(84)66-62-58-54-50-46-42-38-34-31-27-23-19-15-11-7-3)72-94-98(87,88)92-68-73(80)67-91-97(85,86)93-71-74(95-78(83)65-61-57-53-49-43-28-24-20-16-12-8-4)69-89-76(81)63-59-55-51-47-44-40-37-33-30-26-22-18-14-10-6-2/h9,13,21-22,25-26,32-33,35,37,73-75,80H,5-8,10-12,14-20,23-24,27-31,34,36,38-72H2,1-4H3,(H,85,86)(H,87,88)/b13-9-,25-21-,26-22-,35-32-,37-33-. The molecule has 0 aromatic heterocycles. The molecular formula is C79H144O17P2. The fourth-order valence-electron chi connectivity index (χ4n) is 11.0. The lowest BCUT2D eigenvalue weighted by atomic mass is 10.0. The molecule has 0 aromatic carbocycles. The smallest absolute Gasteiger partial charge is 0.462 e. The highest BCUT2D eigenvalue weighted by Gasteiger charge is 2.30. The third-order valence-corrected chi connectivity index (χ3v) is 18.9. The summed E-state index contributed by atoms with van der Waals surface area (Å²) >= 11 is 0. The monoisotopic (exact) mass is 1430 g/mol. The van der Waals surface area contributed by atoms with E-state index in [1.165, 1.54) is 122 Å². The summed E-state index contributed by atoms with van der Waals surface area (Å²) < 4.78 is 68.5. The molecule has 5 unspecified atom stereocenters. The molecule has 0 saturated heterocycles. The second kappa shape index (κ2) is 72.1. The van der Waals surface area contributed by atoms with Crippen molar-refractivity contribution >= 4 is 39.5 Å². The van der Waals surface area contributed by atoms with Crippen molar-refractivity contribution in [1.29, 1.82) is 0 Å². The molecule has 0 heterocycles. The summed E-state index contributed by atoms with van der Waals surface area (Å²) in [4.78, 5) is 72.9. The second-order valence-electron chi connectivity index (χ2n) is 26.6. The highest BCUT2D eigenvalue weighted by Crippen LogP contribution is 2.45. The third-order valence-electron chi connectivity index (χ3n) is 17.0. The van der Waals surface area contributed by atoms with E-state index < -0.39 is 97.5 Å². The molecule has 0 fully saturated rings. The van der Waals surface area contributed by atoms with Crippen molar-refractivity contribution in [2.75, 3.05) is 39.6 Å². The Morgan fingerprint density at radius 2 is 0.531 bits per heavy atom. The molecule has 572 valence electrons. The van der Waals surface area contributed by atoms with Gasteiger partial charge in [-0.25, -0.2) is 9.13 Å². The van der Waals surface area contributed by atoms with Gasteiger partial charge in [0.15, 0.2) is 12.2 Å². The summed E-state index contributed by atoms with van der Waals surface area (Å²) in [5, 5.41) is 10.6. The Balaban J connectivity index is 5.30. The van der Waals surface area contributed by atoms with Crippen molar-refractivity contribution in [2.45, 2.75) is 380 Å². The number of ether oxygens (including phenoxy) is 4. The molecule has 19 heteroatoms. The van der Waals surface area contributed by atoms with Gasteiger partial charge in [-0.05, 0) is 89.9 Å². The number of rotatable bonds is 75. The molecule has 5 atom stereocenters. The maximum atomic E-state index is 13.1. The number of aliphatic hydroxyl groups is 1. The van der Waals surface area contributed by atoms with E-state index in [0.29, 0.717) is 25.7 Å². The maximum absolute atomic E-state index is 13.1. The normalized spacial score (nSPS) is 14.2. The van der Waals surface area contributed by atoms with E-state index in [1.54, 1.807) is 0 Å². The van der Waals surface area contributed by atoms with Crippen molar-refractivity contribution in [2.24, 2.45) is 0 Å². The predicted octanol–water partition coefficient (Wildman–Crippen LogP) is 22.7. The maximum Gasteiger partial charge on any atom is 0.472 e. The summed E-state index contributed by atoms with van der Waals surface area (Å²) in [6, 6.07) is 0. The number of hydrogen-bond acceptors (Lipinski definition) is 15. The first-order valence-corrected chi connectivity index (χ1v) is 42.5. The number of carbonyl (C=O) groups is 4. The zero-order valence-electron chi connectivity index (χ0n) is 62.5. The Hall–Kier alpha value is -3.24. The first kappa shape index (κ1) is 94.8. The van der Waals surface area contributed by atoms with Gasteiger partial charge in [0.25, 0.3) is 0 Å². The molecule has 0 amide bonds. The quantitative estimate of drug-likeness (QED) is 0.0169. The molecule has 0 aliphatic heterocycles. The molecule has 0 aliphatic rings. The minimum atomic E-state index is -4.97. The van der Waals surface area contributed by atoms with Crippen LogP contribution >= 0.6 is 15.6 Å². The average Bonchev–Trinajstić information content (AvgIpc) is 0.986. The highest BCUT2D eigenvalue weighted by molar-refractivity contribution is 7.47. The van der Waals surface area contributed by atoms with Gasteiger partial charge in [-0.3, -0.25) is 37.3 Å². The van der Waals surface area contributed by atoms with Crippen LogP contribution in [0, 0.1) is 0 Å². The number of phosphoric ester groups is 2. The SMILES string of the molecule is CC/C=C\C/C=C\C/C=C\CCCCCCCCCC(=O)OCC(COP(=O)(O)OCC(O)COP(=O)(O)OCC(COC(=O)CCCCCCC/C=C\C/C=C\CCCCC)OC(=O)CCCCCCCCCCCCC)OC(=O)CCCCCCCCCCCCCCCCC. The van der Waals surface area contributed by atoms with E-state index in [2.05, 4.69) is 88.5 Å². The minimum absolute atomic E-state index is 0.0981. The lowest BCUT2D eigenvalue weighted by Crippen LogP contribution is -2.30. The van der Waals surface area contributed by atoms with Crippen LogP contribution in [0.3, 0.4) is 0 Å². The summed E-state index contributed by atoms with van der Waals surface area (Å²) in [5.74, 6) is -2.16. The first-order valence-electron chi connectivity index (χ1n) is 39.5. The van der Waals surface area contributed by atoms with E-state index in [1.807, 2.05) is 0 Å². The van der Waals surface area contributed by atoms with Crippen LogP contribution in [0.15, 0.2) is 60.8 Å². The lowest BCUT2D eigenvalue weighted by Gasteiger charge is -2.21. The molecule has 3 N–H and O–H groups in total.